The molecular formula is C13H10BrClN4OS. The molecule has 0 amide bonds. The first-order valence-corrected chi connectivity index (χ1v) is 8.17. The molecule has 0 unspecified atom stereocenters. The van der Waals surface area contributed by atoms with Gasteiger partial charge in [-0.2, -0.15) is 9.50 Å². The molecule has 0 N–H and O–H groups in total. The number of ether oxygens (including phenoxy) is 1. The van der Waals surface area contributed by atoms with E-state index in [1.54, 1.807) is 0 Å². The SMILES string of the molecule is COc1nc(Cl)n2nc(SCc3ccccc3)nc2c1Br. The van der Waals surface area contributed by atoms with E-state index in [4.69, 9.17) is 16.3 Å². The minimum Gasteiger partial charge on any atom is -0.480 e. The van der Waals surface area contributed by atoms with Crippen LogP contribution in [-0.2, 0) is 5.75 Å². The first-order valence-electron chi connectivity index (χ1n) is 6.01. The van der Waals surface area contributed by atoms with Crippen LogP contribution in [0.1, 0.15) is 5.56 Å². The van der Waals surface area contributed by atoms with Crippen molar-refractivity contribution >= 4 is 44.9 Å². The molecule has 0 saturated heterocycles. The first-order chi connectivity index (χ1) is 10.2. The van der Waals surface area contributed by atoms with Crippen LogP contribution in [0, 0.1) is 0 Å². The molecule has 2 heterocycles. The molecule has 108 valence electrons. The first kappa shape index (κ1) is 14.6. The fourth-order valence-electron chi connectivity index (χ4n) is 1.76. The molecule has 0 aliphatic heterocycles. The minimum absolute atomic E-state index is 0.212. The van der Waals surface area contributed by atoms with Crippen LogP contribution in [0.25, 0.3) is 5.65 Å². The Bertz CT molecular complexity index is 781. The predicted octanol–water partition coefficient (Wildman–Crippen LogP) is 3.84. The van der Waals surface area contributed by atoms with E-state index in [0.29, 0.717) is 21.2 Å². The molecule has 21 heavy (non-hydrogen) atoms. The molecule has 0 atom stereocenters. The lowest BCUT2D eigenvalue weighted by molar-refractivity contribution is 0.394. The standard InChI is InChI=1S/C13H10BrClN4OS/c1-20-11-9(14)10-16-13(18-19(10)12(15)17-11)21-7-8-5-3-2-4-6-8/h2-6H,7H2,1H3. The Kier molecular flexibility index (Phi) is 4.32. The maximum atomic E-state index is 6.08. The molecule has 3 rings (SSSR count). The van der Waals surface area contributed by atoms with Gasteiger partial charge in [0, 0.05) is 5.75 Å². The van der Waals surface area contributed by atoms with E-state index >= 15 is 0 Å². The Morgan fingerprint density at radius 1 is 1.29 bits per heavy atom. The van der Waals surface area contributed by atoms with Gasteiger partial charge in [-0.05, 0) is 33.1 Å². The molecule has 0 spiro atoms. The molecule has 0 bridgehead atoms. The average molecular weight is 386 g/mol. The molecule has 8 heteroatoms. The average Bonchev–Trinajstić information content (AvgIpc) is 2.95. The summed E-state index contributed by atoms with van der Waals surface area (Å²) in [5.41, 5.74) is 1.80. The zero-order valence-electron chi connectivity index (χ0n) is 11.0. The summed E-state index contributed by atoms with van der Waals surface area (Å²) in [6, 6.07) is 10.1. The minimum atomic E-state index is 0.212. The summed E-state index contributed by atoms with van der Waals surface area (Å²) in [5, 5.41) is 5.20. The molecule has 0 saturated carbocycles. The number of thioether (sulfide) groups is 1. The molecule has 1 aromatic carbocycles. The summed E-state index contributed by atoms with van der Waals surface area (Å²) >= 11 is 11.0. The summed E-state index contributed by atoms with van der Waals surface area (Å²) < 4.78 is 7.26. The topological polar surface area (TPSA) is 52.3 Å². The van der Waals surface area contributed by atoms with E-state index in [2.05, 4.69) is 43.1 Å². The number of benzene rings is 1. The molecule has 3 aromatic rings. The van der Waals surface area contributed by atoms with Gasteiger partial charge in [-0.3, -0.25) is 0 Å². The number of aromatic nitrogens is 4. The lowest BCUT2D eigenvalue weighted by Gasteiger charge is -2.03. The third kappa shape index (κ3) is 3.00. The number of nitrogens with zero attached hydrogens (tertiary/aromatic N) is 4. The molecule has 0 radical (unpaired) electrons. The predicted molar refractivity (Wildman–Crippen MR) is 86.0 cm³/mol. The Morgan fingerprint density at radius 3 is 2.76 bits per heavy atom. The monoisotopic (exact) mass is 384 g/mol. The number of halogens is 2. The van der Waals surface area contributed by atoms with E-state index < -0.39 is 0 Å². The largest absolute Gasteiger partial charge is 0.480 e. The van der Waals surface area contributed by atoms with Crippen LogP contribution < -0.4 is 4.74 Å². The lowest BCUT2D eigenvalue weighted by atomic mass is 10.2. The van der Waals surface area contributed by atoms with Crippen LogP contribution in [0.2, 0.25) is 5.28 Å². The van der Waals surface area contributed by atoms with Crippen molar-refractivity contribution in [1.29, 1.82) is 0 Å². The Hall–Kier alpha value is -1.31. The van der Waals surface area contributed by atoms with Crippen molar-refractivity contribution in [2.45, 2.75) is 10.9 Å². The molecule has 0 fully saturated rings. The van der Waals surface area contributed by atoms with Crippen LogP contribution in [0.3, 0.4) is 0 Å². The van der Waals surface area contributed by atoms with Crippen molar-refractivity contribution in [1.82, 2.24) is 19.6 Å². The normalized spacial score (nSPS) is 11.0. The van der Waals surface area contributed by atoms with Gasteiger partial charge >= 0.3 is 0 Å². The number of hydrogen-bond acceptors (Lipinski definition) is 5. The highest BCUT2D eigenvalue weighted by Gasteiger charge is 2.16. The fourth-order valence-corrected chi connectivity index (χ4v) is 3.24. The van der Waals surface area contributed by atoms with Crippen molar-refractivity contribution in [2.75, 3.05) is 7.11 Å². The van der Waals surface area contributed by atoms with Crippen molar-refractivity contribution in [2.24, 2.45) is 0 Å². The molecule has 0 aliphatic rings. The number of hydrogen-bond donors (Lipinski definition) is 0. The van der Waals surface area contributed by atoms with Crippen LogP contribution in [0.4, 0.5) is 0 Å². The number of methoxy groups -OCH3 is 1. The highest BCUT2D eigenvalue weighted by Crippen LogP contribution is 2.30. The van der Waals surface area contributed by atoms with Crippen LogP contribution in [0.15, 0.2) is 40.0 Å². The van der Waals surface area contributed by atoms with Crippen molar-refractivity contribution in [3.05, 3.63) is 45.7 Å². The molecule has 2 aromatic heterocycles. The zero-order chi connectivity index (χ0) is 14.8. The molecule has 0 aliphatic carbocycles. The third-order valence-corrected chi connectivity index (χ3v) is 4.59. The highest BCUT2D eigenvalue weighted by molar-refractivity contribution is 9.10. The third-order valence-electron chi connectivity index (χ3n) is 2.74. The van der Waals surface area contributed by atoms with E-state index in [0.717, 1.165) is 5.75 Å². The van der Waals surface area contributed by atoms with Gasteiger partial charge in [0.2, 0.25) is 16.3 Å². The van der Waals surface area contributed by atoms with E-state index in [-0.39, 0.29) is 5.28 Å². The van der Waals surface area contributed by atoms with Crippen molar-refractivity contribution < 1.29 is 4.74 Å². The summed E-state index contributed by atoms with van der Waals surface area (Å²) in [6.45, 7) is 0. The van der Waals surface area contributed by atoms with Gasteiger partial charge in [-0.25, -0.2) is 4.98 Å². The smallest absolute Gasteiger partial charge is 0.234 e. The maximum Gasteiger partial charge on any atom is 0.234 e. The molecular weight excluding hydrogens is 376 g/mol. The second-order valence-corrected chi connectivity index (χ2v) is 6.18. The van der Waals surface area contributed by atoms with Gasteiger partial charge < -0.3 is 4.74 Å². The van der Waals surface area contributed by atoms with Crippen molar-refractivity contribution in [3.8, 4) is 5.88 Å². The summed E-state index contributed by atoms with van der Waals surface area (Å²) in [4.78, 5) is 8.56. The van der Waals surface area contributed by atoms with E-state index in [9.17, 15) is 0 Å². The van der Waals surface area contributed by atoms with Gasteiger partial charge in [0.1, 0.15) is 4.47 Å². The van der Waals surface area contributed by atoms with Gasteiger partial charge in [0.25, 0.3) is 0 Å². The van der Waals surface area contributed by atoms with Gasteiger partial charge in [0.05, 0.1) is 7.11 Å². The maximum absolute atomic E-state index is 6.08. The van der Waals surface area contributed by atoms with Gasteiger partial charge in [0.15, 0.2) is 5.65 Å². The lowest BCUT2D eigenvalue weighted by Crippen LogP contribution is -1.98. The van der Waals surface area contributed by atoms with Gasteiger partial charge in [-0.15, -0.1) is 5.10 Å². The van der Waals surface area contributed by atoms with Gasteiger partial charge in [-0.1, -0.05) is 42.1 Å². The second-order valence-electron chi connectivity index (χ2n) is 4.11. The van der Waals surface area contributed by atoms with Crippen LogP contribution in [-0.4, -0.2) is 26.7 Å². The zero-order valence-corrected chi connectivity index (χ0v) is 14.1. The Labute approximate surface area is 138 Å². The van der Waals surface area contributed by atoms with E-state index in [1.165, 1.54) is 29.0 Å². The Morgan fingerprint density at radius 2 is 2.05 bits per heavy atom. The number of fused-ring (bicyclic) bond motifs is 1. The Balaban J connectivity index is 1.91. The quantitative estimate of drug-likeness (QED) is 0.504. The second kappa shape index (κ2) is 6.21. The number of rotatable bonds is 4. The molecule has 5 nitrogen and oxygen atoms in total. The fraction of sp³-hybridized carbons (Fsp3) is 0.154. The van der Waals surface area contributed by atoms with Crippen LogP contribution in [0.5, 0.6) is 5.88 Å². The summed E-state index contributed by atoms with van der Waals surface area (Å²) in [5.74, 6) is 1.18. The van der Waals surface area contributed by atoms with Crippen molar-refractivity contribution in [3.63, 3.8) is 0 Å². The van der Waals surface area contributed by atoms with E-state index in [1.807, 2.05) is 18.2 Å². The highest BCUT2D eigenvalue weighted by atomic mass is 79.9. The summed E-state index contributed by atoms with van der Waals surface area (Å²) in [6.07, 6.45) is 0. The van der Waals surface area contributed by atoms with Crippen LogP contribution >= 0.6 is 39.3 Å². The summed E-state index contributed by atoms with van der Waals surface area (Å²) in [7, 11) is 1.53.